The van der Waals surface area contributed by atoms with Gasteiger partial charge in [-0.15, -0.1) is 0 Å². The van der Waals surface area contributed by atoms with E-state index >= 15 is 0 Å². The summed E-state index contributed by atoms with van der Waals surface area (Å²) in [6.45, 7) is 4.90. The Balaban J connectivity index is 1.35. The van der Waals surface area contributed by atoms with Crippen molar-refractivity contribution in [1.29, 1.82) is 0 Å². The molecule has 0 saturated heterocycles. The van der Waals surface area contributed by atoms with E-state index in [1.54, 1.807) is 6.07 Å². The van der Waals surface area contributed by atoms with Gasteiger partial charge >= 0.3 is 0 Å². The molecule has 0 aliphatic carbocycles. The van der Waals surface area contributed by atoms with Crippen LogP contribution in [0.15, 0.2) is 72.8 Å². The molecule has 0 unspecified atom stereocenters. The van der Waals surface area contributed by atoms with Gasteiger partial charge in [0, 0.05) is 17.8 Å². The van der Waals surface area contributed by atoms with E-state index < -0.39 is 0 Å². The fraction of sp³-hybridized carbons (Fsp3) is 0.233. The lowest BCUT2D eigenvalue weighted by Gasteiger charge is -2.10. The lowest BCUT2D eigenvalue weighted by Crippen LogP contribution is -2.28. The highest BCUT2D eigenvalue weighted by Gasteiger charge is 2.19. The van der Waals surface area contributed by atoms with Crippen LogP contribution >= 0.6 is 0 Å². The third kappa shape index (κ3) is 6.20. The van der Waals surface area contributed by atoms with Crippen molar-refractivity contribution in [2.24, 2.45) is 0 Å². The summed E-state index contributed by atoms with van der Waals surface area (Å²) >= 11 is 0. The van der Waals surface area contributed by atoms with Crippen LogP contribution in [0.2, 0.25) is 0 Å². The second-order valence-electron chi connectivity index (χ2n) is 9.00. The molecule has 4 aromatic rings. The fourth-order valence-corrected chi connectivity index (χ4v) is 4.23. The standard InChI is InChI=1S/C30H30N4O5/c1-3-20-5-10-23(11-6-20)32-29(35)18-34-26(16-25(33-34)22-8-12-24(13-9-22)37-4-2)30(36)31-17-21-7-14-27-28(15-21)39-19-38-27/h5-16H,3-4,17-19H2,1-2H3,(H,31,36)(H,32,35). The summed E-state index contributed by atoms with van der Waals surface area (Å²) in [5.74, 6) is 1.44. The van der Waals surface area contributed by atoms with E-state index in [4.69, 9.17) is 14.2 Å². The number of benzene rings is 3. The smallest absolute Gasteiger partial charge is 0.269 e. The number of rotatable bonds is 10. The Morgan fingerprint density at radius 3 is 2.41 bits per heavy atom. The van der Waals surface area contributed by atoms with Gasteiger partial charge in [0.15, 0.2) is 11.5 Å². The minimum Gasteiger partial charge on any atom is -0.494 e. The third-order valence-corrected chi connectivity index (χ3v) is 6.30. The van der Waals surface area contributed by atoms with Gasteiger partial charge in [0.25, 0.3) is 5.91 Å². The van der Waals surface area contributed by atoms with Gasteiger partial charge in [-0.25, -0.2) is 4.68 Å². The maximum Gasteiger partial charge on any atom is 0.269 e. The number of hydrogen-bond donors (Lipinski definition) is 2. The van der Waals surface area contributed by atoms with Gasteiger partial charge in [0.1, 0.15) is 18.0 Å². The number of aromatic nitrogens is 2. The van der Waals surface area contributed by atoms with Crippen LogP contribution in [0.25, 0.3) is 11.3 Å². The quantitative estimate of drug-likeness (QED) is 0.307. The first kappa shape index (κ1) is 25.8. The molecule has 2 amide bonds. The summed E-state index contributed by atoms with van der Waals surface area (Å²) in [4.78, 5) is 26.2. The summed E-state index contributed by atoms with van der Waals surface area (Å²) < 4.78 is 17.7. The third-order valence-electron chi connectivity index (χ3n) is 6.30. The lowest BCUT2D eigenvalue weighted by molar-refractivity contribution is -0.116. The molecular weight excluding hydrogens is 496 g/mol. The highest BCUT2D eigenvalue weighted by Crippen LogP contribution is 2.32. The van der Waals surface area contributed by atoms with E-state index in [1.807, 2.05) is 73.7 Å². The Morgan fingerprint density at radius 1 is 0.923 bits per heavy atom. The molecule has 0 saturated carbocycles. The van der Waals surface area contributed by atoms with E-state index in [2.05, 4.69) is 22.7 Å². The number of fused-ring (bicyclic) bond motifs is 1. The normalized spacial score (nSPS) is 11.7. The summed E-state index contributed by atoms with van der Waals surface area (Å²) in [6.07, 6.45) is 0.917. The second kappa shape index (κ2) is 11.7. The molecule has 0 spiro atoms. The van der Waals surface area contributed by atoms with Gasteiger partial charge in [-0.05, 0) is 79.1 Å². The average molecular weight is 527 g/mol. The van der Waals surface area contributed by atoms with Crippen LogP contribution in [0.5, 0.6) is 17.2 Å². The van der Waals surface area contributed by atoms with Crippen molar-refractivity contribution in [2.45, 2.75) is 33.4 Å². The van der Waals surface area contributed by atoms with Gasteiger partial charge in [-0.1, -0.05) is 25.1 Å². The predicted molar refractivity (Wildman–Crippen MR) is 147 cm³/mol. The fourth-order valence-electron chi connectivity index (χ4n) is 4.23. The van der Waals surface area contributed by atoms with Crippen molar-refractivity contribution in [1.82, 2.24) is 15.1 Å². The molecule has 0 fully saturated rings. The maximum atomic E-state index is 13.3. The van der Waals surface area contributed by atoms with Crippen LogP contribution in [0.1, 0.15) is 35.5 Å². The van der Waals surface area contributed by atoms with Crippen molar-refractivity contribution in [3.63, 3.8) is 0 Å². The number of anilines is 1. The SMILES string of the molecule is CCOc1ccc(-c2cc(C(=O)NCc3ccc4c(c3)OCO4)n(CC(=O)Nc3ccc(CC)cc3)n2)cc1. The van der Waals surface area contributed by atoms with E-state index in [-0.39, 0.29) is 37.4 Å². The van der Waals surface area contributed by atoms with Crippen molar-refractivity contribution >= 4 is 17.5 Å². The minimum atomic E-state index is -0.350. The van der Waals surface area contributed by atoms with Crippen molar-refractivity contribution in [3.8, 4) is 28.5 Å². The van der Waals surface area contributed by atoms with Gasteiger partial charge in [0.05, 0.1) is 12.3 Å². The van der Waals surface area contributed by atoms with Gasteiger partial charge < -0.3 is 24.8 Å². The number of amides is 2. The molecule has 0 atom stereocenters. The number of nitrogens with zero attached hydrogens (tertiary/aromatic N) is 2. The number of ether oxygens (including phenoxy) is 3. The summed E-state index contributed by atoms with van der Waals surface area (Å²) in [5.41, 5.74) is 4.38. The zero-order valence-electron chi connectivity index (χ0n) is 21.9. The lowest BCUT2D eigenvalue weighted by atomic mass is 10.1. The molecule has 2 heterocycles. The molecule has 1 aromatic heterocycles. The molecule has 39 heavy (non-hydrogen) atoms. The molecule has 9 heteroatoms. The number of nitrogens with one attached hydrogen (secondary N) is 2. The van der Waals surface area contributed by atoms with Crippen molar-refractivity contribution < 1.29 is 23.8 Å². The van der Waals surface area contributed by atoms with Crippen LogP contribution in [0.4, 0.5) is 5.69 Å². The molecule has 200 valence electrons. The summed E-state index contributed by atoms with van der Waals surface area (Å²) in [5, 5.41) is 10.4. The molecule has 1 aliphatic heterocycles. The van der Waals surface area contributed by atoms with E-state index in [0.717, 1.165) is 23.3 Å². The Kier molecular flexibility index (Phi) is 7.77. The van der Waals surface area contributed by atoms with Crippen LogP contribution in [-0.4, -0.2) is 35.0 Å². The van der Waals surface area contributed by atoms with Gasteiger partial charge in [0.2, 0.25) is 12.7 Å². The zero-order chi connectivity index (χ0) is 27.2. The highest BCUT2D eigenvalue weighted by molar-refractivity contribution is 5.95. The first-order valence-corrected chi connectivity index (χ1v) is 12.9. The molecule has 3 aromatic carbocycles. The number of carbonyl (C=O) groups excluding carboxylic acids is 2. The Labute approximate surface area is 226 Å². The minimum absolute atomic E-state index is 0.126. The Hall–Kier alpha value is -4.79. The van der Waals surface area contributed by atoms with E-state index in [1.165, 1.54) is 10.2 Å². The molecule has 0 radical (unpaired) electrons. The van der Waals surface area contributed by atoms with Gasteiger partial charge in [-0.3, -0.25) is 9.59 Å². The first-order valence-electron chi connectivity index (χ1n) is 12.9. The summed E-state index contributed by atoms with van der Waals surface area (Å²) in [7, 11) is 0. The van der Waals surface area contributed by atoms with Crippen LogP contribution < -0.4 is 24.8 Å². The number of aryl methyl sites for hydroxylation is 1. The predicted octanol–water partition coefficient (Wildman–Crippen LogP) is 4.81. The second-order valence-corrected chi connectivity index (χ2v) is 9.00. The largest absolute Gasteiger partial charge is 0.494 e. The number of carbonyl (C=O) groups is 2. The Bertz CT molecular complexity index is 1460. The van der Waals surface area contributed by atoms with E-state index in [0.29, 0.717) is 29.5 Å². The van der Waals surface area contributed by atoms with Crippen molar-refractivity contribution in [3.05, 3.63) is 89.6 Å². The topological polar surface area (TPSA) is 104 Å². The van der Waals surface area contributed by atoms with Crippen LogP contribution in [0, 0.1) is 0 Å². The highest BCUT2D eigenvalue weighted by atomic mass is 16.7. The van der Waals surface area contributed by atoms with Gasteiger partial charge in [-0.2, -0.15) is 5.10 Å². The molecule has 9 nitrogen and oxygen atoms in total. The Morgan fingerprint density at radius 2 is 1.67 bits per heavy atom. The molecule has 5 rings (SSSR count). The average Bonchev–Trinajstić information content (AvgIpc) is 3.59. The van der Waals surface area contributed by atoms with Crippen LogP contribution in [0.3, 0.4) is 0 Å². The van der Waals surface area contributed by atoms with E-state index in [9.17, 15) is 9.59 Å². The molecule has 2 N–H and O–H groups in total. The maximum absolute atomic E-state index is 13.3. The summed E-state index contributed by atoms with van der Waals surface area (Å²) in [6, 6.07) is 22.3. The first-order chi connectivity index (χ1) is 19.0. The number of hydrogen-bond acceptors (Lipinski definition) is 6. The zero-order valence-corrected chi connectivity index (χ0v) is 21.9. The monoisotopic (exact) mass is 526 g/mol. The molecule has 1 aliphatic rings. The molecular formula is C30H30N4O5. The molecule has 0 bridgehead atoms. The van der Waals surface area contributed by atoms with Crippen molar-refractivity contribution in [2.75, 3.05) is 18.7 Å². The van der Waals surface area contributed by atoms with Crippen LogP contribution in [-0.2, 0) is 24.3 Å².